The summed E-state index contributed by atoms with van der Waals surface area (Å²) in [5.41, 5.74) is 19.3. The van der Waals surface area contributed by atoms with E-state index in [1.165, 1.54) is 83.3 Å². The van der Waals surface area contributed by atoms with Crippen LogP contribution in [0.4, 0.5) is 34.1 Å². The maximum absolute atomic E-state index is 9.52. The first-order chi connectivity index (χ1) is 34.2. The number of hydrogen-bond donors (Lipinski definition) is 0. The smallest absolute Gasteiger partial charge is 0.264 e. The summed E-state index contributed by atoms with van der Waals surface area (Å²) in [5.74, 6) is 0.918. The molecule has 2 nitrogen and oxygen atoms in total. The van der Waals surface area contributed by atoms with Crippen LogP contribution in [-0.4, -0.2) is 6.71 Å². The molecule has 2 atom stereocenters. The van der Waals surface area contributed by atoms with Gasteiger partial charge in [-0.05, 0) is 193 Å². The lowest BCUT2D eigenvalue weighted by Crippen LogP contribution is -2.61. The number of thiophene rings is 1. The zero-order chi connectivity index (χ0) is 52.0. The van der Waals surface area contributed by atoms with Crippen molar-refractivity contribution in [3.05, 3.63) is 148 Å². The lowest BCUT2D eigenvalue weighted by molar-refractivity contribution is 0.332. The summed E-state index contributed by atoms with van der Waals surface area (Å²) >= 11 is 1.96. The molecule has 346 valence electrons. The molecule has 2 aliphatic heterocycles. The topological polar surface area (TPSA) is 6.48 Å². The van der Waals surface area contributed by atoms with Crippen molar-refractivity contribution in [2.45, 2.75) is 167 Å². The van der Waals surface area contributed by atoms with E-state index in [9.17, 15) is 2.74 Å². The van der Waals surface area contributed by atoms with E-state index >= 15 is 0 Å². The van der Waals surface area contributed by atoms with Gasteiger partial charge in [-0.25, -0.2) is 0 Å². The second-order valence-corrected chi connectivity index (χ2v) is 26.3. The van der Waals surface area contributed by atoms with Crippen molar-refractivity contribution < 1.29 is 6.85 Å². The summed E-state index contributed by atoms with van der Waals surface area (Å²) < 4.78 is 48.3. The predicted octanol–water partition coefficient (Wildman–Crippen LogP) is 16.6. The number of benzene rings is 6. The van der Waals surface area contributed by atoms with Crippen LogP contribution in [0.1, 0.15) is 186 Å². The standard InChI is InChI=1S/C64H71BN2S/c1-38-19-20-39(2)46-35-56-47(34-45(38)46)58-59(68-56)65-52-36-50-51(64(12,13)30-29-63(50,10)11)37-53(52)66(43-23-21-42(22-24-43)60(3,4)5)54-31-41(40-17-15-14-16-18-40)32-55(57(54)65)67(58)44-25-26-48-49(33-44)62(8,9)28-27-61(48,6)7/h14-18,21-26,31-39H,19-20,27-30H2,1-13H3/i14D,15D,16D,17D,18D. The van der Waals surface area contributed by atoms with Crippen LogP contribution in [0.15, 0.2) is 109 Å². The minimum absolute atomic E-state index is 0.0246. The molecule has 0 N–H and O–H groups in total. The molecule has 0 saturated carbocycles. The average Bonchev–Trinajstić information content (AvgIpc) is 3.71. The molecule has 6 aromatic carbocycles. The Morgan fingerprint density at radius 3 is 1.74 bits per heavy atom. The molecular formula is C64H71BN2S. The molecule has 7 aromatic rings. The van der Waals surface area contributed by atoms with Crippen LogP contribution < -0.4 is 25.5 Å². The van der Waals surface area contributed by atoms with E-state index in [0.29, 0.717) is 17.4 Å². The average molecular weight is 916 g/mol. The number of hydrogen-bond acceptors (Lipinski definition) is 3. The van der Waals surface area contributed by atoms with Gasteiger partial charge in [-0.15, -0.1) is 11.3 Å². The van der Waals surface area contributed by atoms with Gasteiger partial charge >= 0.3 is 0 Å². The van der Waals surface area contributed by atoms with Crippen molar-refractivity contribution in [2.24, 2.45) is 0 Å². The molecule has 5 aliphatic rings. The maximum Gasteiger partial charge on any atom is 0.264 e. The summed E-state index contributed by atoms with van der Waals surface area (Å²) in [5, 5.41) is 1.26. The van der Waals surface area contributed by atoms with Gasteiger partial charge < -0.3 is 9.80 Å². The quantitative estimate of drug-likeness (QED) is 0.163. The van der Waals surface area contributed by atoms with Gasteiger partial charge in [0.1, 0.15) is 0 Å². The molecule has 12 rings (SSSR count). The second kappa shape index (κ2) is 14.7. The Balaban J connectivity index is 1.27. The third kappa shape index (κ3) is 6.54. The van der Waals surface area contributed by atoms with Gasteiger partial charge in [0.05, 0.1) is 12.5 Å². The first kappa shape index (κ1) is 38.8. The first-order valence-corrected chi connectivity index (χ1v) is 26.4. The van der Waals surface area contributed by atoms with E-state index in [0.717, 1.165) is 54.1 Å². The summed E-state index contributed by atoms with van der Waals surface area (Å²) in [7, 11) is 0. The van der Waals surface area contributed by atoms with E-state index in [1.54, 1.807) is 0 Å². The molecule has 0 spiro atoms. The van der Waals surface area contributed by atoms with Crippen LogP contribution >= 0.6 is 11.3 Å². The summed E-state index contributed by atoms with van der Waals surface area (Å²) in [4.78, 5) is 5.01. The molecular weight excluding hydrogens is 840 g/mol. The van der Waals surface area contributed by atoms with Gasteiger partial charge in [-0.1, -0.05) is 144 Å². The third-order valence-corrected chi connectivity index (χ3v) is 19.0. The zero-order valence-corrected chi connectivity index (χ0v) is 43.6. The zero-order valence-electron chi connectivity index (χ0n) is 47.8. The normalized spacial score (nSPS) is 22.4. The van der Waals surface area contributed by atoms with E-state index in [2.05, 4.69) is 179 Å². The van der Waals surface area contributed by atoms with Crippen molar-refractivity contribution in [3.63, 3.8) is 0 Å². The number of nitrogens with zero attached hydrogens (tertiary/aromatic N) is 2. The largest absolute Gasteiger partial charge is 0.311 e. The fourth-order valence-corrected chi connectivity index (χ4v) is 14.5. The van der Waals surface area contributed by atoms with Crippen LogP contribution in [0.5, 0.6) is 0 Å². The summed E-state index contributed by atoms with van der Waals surface area (Å²) in [6.45, 7) is 30.7. The molecule has 0 amide bonds. The lowest BCUT2D eigenvalue weighted by atomic mass is 9.35. The minimum atomic E-state index is -0.384. The highest BCUT2D eigenvalue weighted by Crippen LogP contribution is 2.55. The van der Waals surface area contributed by atoms with Crippen LogP contribution in [-0.2, 0) is 27.1 Å². The van der Waals surface area contributed by atoms with Gasteiger partial charge in [0.2, 0.25) is 0 Å². The van der Waals surface area contributed by atoms with E-state index < -0.39 is 0 Å². The first-order valence-electron chi connectivity index (χ1n) is 28.1. The lowest BCUT2D eigenvalue weighted by Gasteiger charge is -2.47. The van der Waals surface area contributed by atoms with Crippen LogP contribution in [0, 0.1) is 0 Å². The Hall–Kier alpha value is -5.06. The summed E-state index contributed by atoms with van der Waals surface area (Å²) in [6, 6.07) is 29.5. The second-order valence-electron chi connectivity index (χ2n) is 25.2. The van der Waals surface area contributed by atoms with Gasteiger partial charge in [0.25, 0.3) is 6.71 Å². The molecule has 0 fully saturated rings. The Kier molecular flexibility index (Phi) is 8.40. The van der Waals surface area contributed by atoms with Crippen LogP contribution in [0.25, 0.3) is 21.2 Å². The van der Waals surface area contributed by atoms with E-state index in [4.69, 9.17) is 4.11 Å². The Labute approximate surface area is 419 Å². The number of fused-ring (bicyclic) bond motifs is 9. The highest BCUT2D eigenvalue weighted by atomic mass is 32.1. The van der Waals surface area contributed by atoms with Crippen LogP contribution in [0.3, 0.4) is 0 Å². The molecule has 0 bridgehead atoms. The minimum Gasteiger partial charge on any atom is -0.311 e. The maximum atomic E-state index is 9.52. The Morgan fingerprint density at radius 2 is 1.12 bits per heavy atom. The van der Waals surface area contributed by atoms with Crippen molar-refractivity contribution >= 4 is 78.0 Å². The SMILES string of the molecule is [2H]c1c([2H])c([2H])c(-c2cc3c4c(c2)N(c2ccc5c(c2)C(C)(C)CCC5(C)C)c2c(sc5cc6c(cc25)C(C)CCC6C)B4c2cc4c(cc2N3c2ccc(C(C)(C)C)cc2)C(C)(C)CCC4(C)C)c([2H])c1[2H]. The van der Waals surface area contributed by atoms with Crippen LogP contribution in [0.2, 0.25) is 0 Å². The van der Waals surface area contributed by atoms with Crippen molar-refractivity contribution in [3.8, 4) is 11.1 Å². The monoisotopic (exact) mass is 916 g/mol. The Morgan fingerprint density at radius 1 is 0.574 bits per heavy atom. The molecule has 1 aromatic heterocycles. The molecule has 2 unspecified atom stereocenters. The molecule has 0 saturated heterocycles. The molecule has 4 heteroatoms. The van der Waals surface area contributed by atoms with Gasteiger partial charge in [-0.3, -0.25) is 0 Å². The van der Waals surface area contributed by atoms with Crippen molar-refractivity contribution in [2.75, 3.05) is 9.80 Å². The van der Waals surface area contributed by atoms with E-state index in [1.807, 2.05) is 11.3 Å². The number of anilines is 6. The van der Waals surface area contributed by atoms with Gasteiger partial charge in [-0.2, -0.15) is 0 Å². The number of rotatable bonds is 3. The Bertz CT molecular complexity index is 3490. The third-order valence-electron chi connectivity index (χ3n) is 17.8. The molecule has 3 heterocycles. The predicted molar refractivity (Wildman–Crippen MR) is 297 cm³/mol. The highest BCUT2D eigenvalue weighted by Gasteiger charge is 2.49. The molecule has 68 heavy (non-hydrogen) atoms. The molecule has 3 aliphatic carbocycles. The van der Waals surface area contributed by atoms with Crippen molar-refractivity contribution in [1.29, 1.82) is 0 Å². The van der Waals surface area contributed by atoms with E-state index in [-0.39, 0.29) is 69.6 Å². The highest BCUT2D eigenvalue weighted by molar-refractivity contribution is 7.33. The fraction of sp³-hybridized carbons (Fsp3) is 0.406. The van der Waals surface area contributed by atoms with Crippen molar-refractivity contribution in [1.82, 2.24) is 0 Å². The molecule has 0 radical (unpaired) electrons. The van der Waals surface area contributed by atoms with Gasteiger partial charge in [0, 0.05) is 43.3 Å². The fourth-order valence-electron chi connectivity index (χ4n) is 13.2. The van der Waals surface area contributed by atoms with Gasteiger partial charge in [0.15, 0.2) is 0 Å². The summed E-state index contributed by atoms with van der Waals surface area (Å²) in [6.07, 6.45) is 6.75.